The van der Waals surface area contributed by atoms with E-state index < -0.39 is 6.10 Å². The number of ether oxygens (including phenoxy) is 1. The lowest BCUT2D eigenvalue weighted by atomic mass is 10.1. The summed E-state index contributed by atoms with van der Waals surface area (Å²) in [7, 11) is 0. The van der Waals surface area contributed by atoms with Gasteiger partial charge in [0.1, 0.15) is 5.75 Å². The number of carbonyl (C=O) groups is 2. The van der Waals surface area contributed by atoms with Crippen molar-refractivity contribution in [2.24, 2.45) is 0 Å². The van der Waals surface area contributed by atoms with Gasteiger partial charge >= 0.3 is 0 Å². The van der Waals surface area contributed by atoms with Crippen molar-refractivity contribution in [2.45, 2.75) is 13.0 Å². The predicted molar refractivity (Wildman–Crippen MR) is 110 cm³/mol. The van der Waals surface area contributed by atoms with Gasteiger partial charge in [-0.1, -0.05) is 60.7 Å². The first-order valence-corrected chi connectivity index (χ1v) is 9.06. The summed E-state index contributed by atoms with van der Waals surface area (Å²) in [6.07, 6.45) is -0.716. The molecule has 0 radical (unpaired) electrons. The van der Waals surface area contributed by atoms with Crippen LogP contribution in [0.2, 0.25) is 0 Å². The Morgan fingerprint density at radius 2 is 1.39 bits per heavy atom. The van der Waals surface area contributed by atoms with Crippen molar-refractivity contribution in [3.63, 3.8) is 0 Å². The van der Waals surface area contributed by atoms with E-state index in [9.17, 15) is 9.59 Å². The maximum atomic E-state index is 12.2. The number of hydrogen-bond acceptors (Lipinski definition) is 3. The number of para-hydroxylation sites is 1. The van der Waals surface area contributed by atoms with Crippen LogP contribution in [-0.4, -0.2) is 24.5 Å². The molecule has 2 N–H and O–H groups in total. The SMILES string of the molecule is CC(Oc1ccc(-c2ccccc2)cc1)C(=O)NCC(=O)Nc1ccccc1. The minimum Gasteiger partial charge on any atom is -0.481 e. The van der Waals surface area contributed by atoms with Gasteiger partial charge in [0.25, 0.3) is 5.91 Å². The molecule has 142 valence electrons. The number of nitrogens with one attached hydrogen (secondary N) is 2. The Hall–Kier alpha value is -3.60. The summed E-state index contributed by atoms with van der Waals surface area (Å²) in [5, 5.41) is 5.30. The van der Waals surface area contributed by atoms with E-state index in [4.69, 9.17) is 4.74 Å². The van der Waals surface area contributed by atoms with Crippen LogP contribution in [0, 0.1) is 0 Å². The van der Waals surface area contributed by atoms with Crippen LogP contribution in [0.3, 0.4) is 0 Å². The molecule has 0 aliphatic carbocycles. The molecule has 5 nitrogen and oxygen atoms in total. The molecule has 0 aliphatic heterocycles. The predicted octanol–water partition coefficient (Wildman–Crippen LogP) is 3.88. The minimum absolute atomic E-state index is 0.117. The lowest BCUT2D eigenvalue weighted by molar-refractivity contribution is -0.129. The van der Waals surface area contributed by atoms with E-state index in [0.717, 1.165) is 11.1 Å². The van der Waals surface area contributed by atoms with Crippen LogP contribution >= 0.6 is 0 Å². The van der Waals surface area contributed by atoms with Crippen LogP contribution in [0.5, 0.6) is 5.75 Å². The summed E-state index contributed by atoms with van der Waals surface area (Å²) in [5.41, 5.74) is 2.87. The van der Waals surface area contributed by atoms with Gasteiger partial charge < -0.3 is 15.4 Å². The average Bonchev–Trinajstić information content (AvgIpc) is 2.74. The molecule has 1 unspecified atom stereocenters. The molecule has 3 aromatic carbocycles. The number of rotatable bonds is 7. The van der Waals surface area contributed by atoms with Crippen molar-refractivity contribution in [3.05, 3.63) is 84.9 Å². The topological polar surface area (TPSA) is 67.4 Å². The van der Waals surface area contributed by atoms with E-state index in [0.29, 0.717) is 11.4 Å². The first-order chi connectivity index (χ1) is 13.6. The summed E-state index contributed by atoms with van der Waals surface area (Å²) in [6, 6.07) is 26.6. The molecule has 0 aliphatic rings. The van der Waals surface area contributed by atoms with Crippen LogP contribution in [0.25, 0.3) is 11.1 Å². The Morgan fingerprint density at radius 1 is 0.821 bits per heavy atom. The molecular weight excluding hydrogens is 352 g/mol. The molecule has 3 aromatic rings. The Labute approximate surface area is 164 Å². The maximum absolute atomic E-state index is 12.2. The standard InChI is InChI=1S/C23H22N2O3/c1-17(23(27)24-16-22(26)25-20-10-6-3-7-11-20)28-21-14-12-19(13-15-21)18-8-4-2-5-9-18/h2-15,17H,16H2,1H3,(H,24,27)(H,25,26). The number of anilines is 1. The molecule has 3 rings (SSSR count). The van der Waals surface area contributed by atoms with E-state index >= 15 is 0 Å². The molecule has 0 saturated carbocycles. The Kier molecular flexibility index (Phi) is 6.41. The number of hydrogen-bond donors (Lipinski definition) is 2. The van der Waals surface area contributed by atoms with Crippen molar-refractivity contribution >= 4 is 17.5 Å². The fourth-order valence-electron chi connectivity index (χ4n) is 2.65. The van der Waals surface area contributed by atoms with Crippen LogP contribution in [0.15, 0.2) is 84.9 Å². The second-order valence-corrected chi connectivity index (χ2v) is 6.28. The van der Waals surface area contributed by atoms with Crippen LogP contribution in [0.1, 0.15) is 6.92 Å². The second kappa shape index (κ2) is 9.37. The van der Waals surface area contributed by atoms with Gasteiger partial charge in [-0.15, -0.1) is 0 Å². The molecule has 0 bridgehead atoms. The van der Waals surface area contributed by atoms with E-state index in [2.05, 4.69) is 10.6 Å². The van der Waals surface area contributed by atoms with Crippen LogP contribution in [0.4, 0.5) is 5.69 Å². The third-order valence-electron chi connectivity index (χ3n) is 4.12. The lowest BCUT2D eigenvalue weighted by Gasteiger charge is -2.15. The Balaban J connectivity index is 1.48. The molecule has 28 heavy (non-hydrogen) atoms. The van der Waals surface area contributed by atoms with E-state index in [1.54, 1.807) is 19.1 Å². The average molecular weight is 374 g/mol. The second-order valence-electron chi connectivity index (χ2n) is 6.28. The number of carbonyl (C=O) groups excluding carboxylic acids is 2. The summed E-state index contributed by atoms with van der Waals surface area (Å²) < 4.78 is 5.67. The largest absolute Gasteiger partial charge is 0.481 e. The monoisotopic (exact) mass is 374 g/mol. The van der Waals surface area contributed by atoms with Gasteiger partial charge in [-0.05, 0) is 42.3 Å². The van der Waals surface area contributed by atoms with Gasteiger partial charge in [0.2, 0.25) is 5.91 Å². The van der Waals surface area contributed by atoms with Gasteiger partial charge in [-0.2, -0.15) is 0 Å². The quantitative estimate of drug-likeness (QED) is 0.660. The first kappa shape index (κ1) is 19.2. The van der Waals surface area contributed by atoms with Crippen LogP contribution < -0.4 is 15.4 Å². The molecule has 2 amide bonds. The highest BCUT2D eigenvalue weighted by Gasteiger charge is 2.15. The highest BCUT2D eigenvalue weighted by Crippen LogP contribution is 2.22. The molecule has 0 saturated heterocycles. The summed E-state index contributed by atoms with van der Waals surface area (Å²) in [5.74, 6) is -0.0506. The Bertz CT molecular complexity index is 910. The van der Waals surface area contributed by atoms with Crippen molar-refractivity contribution in [1.82, 2.24) is 5.32 Å². The maximum Gasteiger partial charge on any atom is 0.261 e. The van der Waals surface area contributed by atoms with Crippen molar-refractivity contribution < 1.29 is 14.3 Å². The molecule has 0 aromatic heterocycles. The minimum atomic E-state index is -0.716. The van der Waals surface area contributed by atoms with Crippen molar-refractivity contribution in [2.75, 3.05) is 11.9 Å². The summed E-state index contributed by atoms with van der Waals surface area (Å²) in [6.45, 7) is 1.53. The normalized spacial score (nSPS) is 11.3. The third-order valence-corrected chi connectivity index (χ3v) is 4.12. The van der Waals surface area contributed by atoms with Gasteiger partial charge in [0.05, 0.1) is 6.54 Å². The highest BCUT2D eigenvalue weighted by atomic mass is 16.5. The van der Waals surface area contributed by atoms with E-state index in [1.807, 2.05) is 72.8 Å². The zero-order chi connectivity index (χ0) is 19.8. The highest BCUT2D eigenvalue weighted by molar-refractivity contribution is 5.95. The molecule has 0 fully saturated rings. The zero-order valence-electron chi connectivity index (χ0n) is 15.6. The van der Waals surface area contributed by atoms with E-state index in [-0.39, 0.29) is 18.4 Å². The molecule has 0 heterocycles. The van der Waals surface area contributed by atoms with E-state index in [1.165, 1.54) is 0 Å². The fourth-order valence-corrected chi connectivity index (χ4v) is 2.65. The summed E-state index contributed by atoms with van der Waals surface area (Å²) >= 11 is 0. The van der Waals surface area contributed by atoms with Crippen LogP contribution in [-0.2, 0) is 9.59 Å². The van der Waals surface area contributed by atoms with Gasteiger partial charge in [-0.25, -0.2) is 0 Å². The molecule has 0 spiro atoms. The van der Waals surface area contributed by atoms with Gasteiger partial charge in [0.15, 0.2) is 6.10 Å². The zero-order valence-corrected chi connectivity index (χ0v) is 15.6. The third kappa shape index (κ3) is 5.45. The molecular formula is C23H22N2O3. The van der Waals surface area contributed by atoms with Gasteiger partial charge in [0, 0.05) is 5.69 Å². The van der Waals surface area contributed by atoms with Gasteiger partial charge in [-0.3, -0.25) is 9.59 Å². The number of amides is 2. The molecule has 5 heteroatoms. The number of benzene rings is 3. The Morgan fingerprint density at radius 3 is 2.04 bits per heavy atom. The summed E-state index contributed by atoms with van der Waals surface area (Å²) in [4.78, 5) is 24.1. The van der Waals surface area contributed by atoms with Crippen molar-refractivity contribution in [1.29, 1.82) is 0 Å². The molecule has 1 atom stereocenters. The fraction of sp³-hybridized carbons (Fsp3) is 0.130. The van der Waals surface area contributed by atoms with Crippen molar-refractivity contribution in [3.8, 4) is 16.9 Å². The lowest BCUT2D eigenvalue weighted by Crippen LogP contribution is -2.40. The smallest absolute Gasteiger partial charge is 0.261 e. The first-order valence-electron chi connectivity index (χ1n) is 9.06.